The van der Waals surface area contributed by atoms with Crippen LogP contribution in [0.3, 0.4) is 0 Å². The molecule has 0 aliphatic heterocycles. The van der Waals surface area contributed by atoms with Crippen LogP contribution in [0.2, 0.25) is 10.0 Å². The number of halogens is 4. The quantitative estimate of drug-likeness (QED) is 0.591. The standard InChI is InChI=1S/C19H18Cl2F2N2O3/c20-12-4-1-7-15(18(12)21)28-11-3-8-16(26)24-9-10-25-19(27)17-13(22)5-2-6-14(17)23/h1-2,4-7H,3,8-11H2,(H,24,26)(H,25,27). The maximum atomic E-state index is 13.5. The van der Waals surface area contributed by atoms with Crippen LogP contribution >= 0.6 is 23.2 Å². The van der Waals surface area contributed by atoms with Gasteiger partial charge in [-0.25, -0.2) is 8.78 Å². The Hall–Kier alpha value is -2.38. The minimum atomic E-state index is -0.943. The summed E-state index contributed by atoms with van der Waals surface area (Å²) >= 11 is 11.9. The van der Waals surface area contributed by atoms with Crippen molar-refractivity contribution in [2.75, 3.05) is 19.7 Å². The molecule has 28 heavy (non-hydrogen) atoms. The number of hydrogen-bond donors (Lipinski definition) is 2. The van der Waals surface area contributed by atoms with Crippen molar-refractivity contribution >= 4 is 35.0 Å². The number of nitrogens with one attached hydrogen (secondary N) is 2. The largest absolute Gasteiger partial charge is 0.492 e. The second-order valence-corrected chi connectivity index (χ2v) is 6.49. The molecule has 0 aliphatic rings. The van der Waals surface area contributed by atoms with Crippen molar-refractivity contribution in [1.82, 2.24) is 10.6 Å². The molecule has 0 fully saturated rings. The molecule has 0 radical (unpaired) electrons. The highest BCUT2D eigenvalue weighted by Crippen LogP contribution is 2.31. The van der Waals surface area contributed by atoms with Crippen LogP contribution in [-0.4, -0.2) is 31.5 Å². The maximum absolute atomic E-state index is 13.5. The molecule has 150 valence electrons. The van der Waals surface area contributed by atoms with Crippen LogP contribution < -0.4 is 15.4 Å². The lowest BCUT2D eigenvalue weighted by Crippen LogP contribution is -2.35. The van der Waals surface area contributed by atoms with Crippen molar-refractivity contribution in [3.05, 3.63) is 63.6 Å². The van der Waals surface area contributed by atoms with Gasteiger partial charge >= 0.3 is 0 Å². The summed E-state index contributed by atoms with van der Waals surface area (Å²) in [5.41, 5.74) is -0.648. The van der Waals surface area contributed by atoms with Crippen LogP contribution in [0.25, 0.3) is 0 Å². The molecule has 5 nitrogen and oxygen atoms in total. The van der Waals surface area contributed by atoms with E-state index in [0.29, 0.717) is 22.2 Å². The molecule has 0 saturated carbocycles. The normalized spacial score (nSPS) is 10.4. The number of rotatable bonds is 9. The summed E-state index contributed by atoms with van der Waals surface area (Å²) in [4.78, 5) is 23.5. The van der Waals surface area contributed by atoms with E-state index in [-0.39, 0.29) is 32.0 Å². The van der Waals surface area contributed by atoms with Gasteiger partial charge < -0.3 is 15.4 Å². The summed E-state index contributed by atoms with van der Waals surface area (Å²) in [5.74, 6) is -2.57. The van der Waals surface area contributed by atoms with Crippen LogP contribution in [0.1, 0.15) is 23.2 Å². The molecule has 2 amide bonds. The first-order valence-corrected chi connectivity index (χ1v) is 9.21. The van der Waals surface area contributed by atoms with Gasteiger partial charge in [0.25, 0.3) is 5.91 Å². The van der Waals surface area contributed by atoms with Gasteiger partial charge in [-0.2, -0.15) is 0 Å². The molecule has 0 aromatic heterocycles. The van der Waals surface area contributed by atoms with E-state index in [2.05, 4.69) is 10.6 Å². The fraction of sp³-hybridized carbons (Fsp3) is 0.263. The van der Waals surface area contributed by atoms with Crippen LogP contribution in [0.15, 0.2) is 36.4 Å². The predicted octanol–water partition coefficient (Wildman–Crippen LogP) is 3.98. The van der Waals surface area contributed by atoms with Crippen molar-refractivity contribution in [2.45, 2.75) is 12.8 Å². The van der Waals surface area contributed by atoms with Gasteiger partial charge in [-0.3, -0.25) is 9.59 Å². The molecule has 0 saturated heterocycles. The molecule has 0 spiro atoms. The first-order valence-electron chi connectivity index (χ1n) is 8.46. The van der Waals surface area contributed by atoms with Gasteiger partial charge in [-0.1, -0.05) is 35.3 Å². The van der Waals surface area contributed by atoms with Gasteiger partial charge in [0, 0.05) is 19.5 Å². The van der Waals surface area contributed by atoms with E-state index in [1.54, 1.807) is 18.2 Å². The average molecular weight is 431 g/mol. The van der Waals surface area contributed by atoms with E-state index in [9.17, 15) is 18.4 Å². The van der Waals surface area contributed by atoms with E-state index < -0.39 is 23.1 Å². The van der Waals surface area contributed by atoms with Crippen LogP contribution in [0.5, 0.6) is 5.75 Å². The smallest absolute Gasteiger partial charge is 0.257 e. The van der Waals surface area contributed by atoms with Crippen LogP contribution in [-0.2, 0) is 4.79 Å². The van der Waals surface area contributed by atoms with Crippen molar-refractivity contribution in [1.29, 1.82) is 0 Å². The number of carbonyl (C=O) groups excluding carboxylic acids is 2. The minimum Gasteiger partial charge on any atom is -0.492 e. The summed E-state index contributed by atoms with van der Waals surface area (Å²) < 4.78 is 32.4. The van der Waals surface area contributed by atoms with E-state index >= 15 is 0 Å². The van der Waals surface area contributed by atoms with Gasteiger partial charge in [0.2, 0.25) is 5.91 Å². The molecule has 2 aromatic carbocycles. The third-order valence-corrected chi connectivity index (χ3v) is 4.45. The first kappa shape index (κ1) is 21.9. The fourth-order valence-electron chi connectivity index (χ4n) is 2.28. The molecule has 2 rings (SSSR count). The Morgan fingerprint density at radius 2 is 1.61 bits per heavy atom. The average Bonchev–Trinajstić information content (AvgIpc) is 2.65. The summed E-state index contributed by atoms with van der Waals surface area (Å²) in [7, 11) is 0. The summed E-state index contributed by atoms with van der Waals surface area (Å²) in [5, 5.41) is 5.64. The summed E-state index contributed by atoms with van der Waals surface area (Å²) in [6.45, 7) is 0.436. The Morgan fingerprint density at radius 3 is 2.32 bits per heavy atom. The van der Waals surface area contributed by atoms with Gasteiger partial charge in [0.1, 0.15) is 28.0 Å². The highest BCUT2D eigenvalue weighted by Gasteiger charge is 2.16. The number of amides is 2. The molecule has 9 heteroatoms. The second-order valence-electron chi connectivity index (χ2n) is 5.71. The first-order chi connectivity index (χ1) is 13.4. The van der Waals surface area contributed by atoms with E-state index in [1.807, 2.05) is 0 Å². The van der Waals surface area contributed by atoms with Crippen molar-refractivity contribution in [3.8, 4) is 5.75 Å². The van der Waals surface area contributed by atoms with Crippen molar-refractivity contribution in [2.24, 2.45) is 0 Å². The third kappa shape index (κ3) is 6.35. The fourth-order valence-corrected chi connectivity index (χ4v) is 2.63. The number of ether oxygens (including phenoxy) is 1. The van der Waals surface area contributed by atoms with Gasteiger partial charge in [-0.15, -0.1) is 0 Å². The van der Waals surface area contributed by atoms with Gasteiger partial charge in [0.05, 0.1) is 11.6 Å². The molecule has 0 aliphatic carbocycles. The Labute approximate surface area is 171 Å². The Kier molecular flexibility index (Phi) is 8.47. The number of benzene rings is 2. The zero-order valence-corrected chi connectivity index (χ0v) is 16.2. The third-order valence-electron chi connectivity index (χ3n) is 3.64. The van der Waals surface area contributed by atoms with E-state index in [1.165, 1.54) is 6.07 Å². The molecular weight excluding hydrogens is 413 g/mol. The SMILES string of the molecule is O=C(CCCOc1cccc(Cl)c1Cl)NCCNC(=O)c1c(F)cccc1F. The van der Waals surface area contributed by atoms with E-state index in [4.69, 9.17) is 27.9 Å². The van der Waals surface area contributed by atoms with Crippen molar-refractivity contribution < 1.29 is 23.1 Å². The summed E-state index contributed by atoms with van der Waals surface area (Å²) in [6, 6.07) is 8.19. The zero-order chi connectivity index (χ0) is 20.5. The molecular formula is C19H18Cl2F2N2O3. The Bertz CT molecular complexity index is 830. The molecule has 0 atom stereocenters. The van der Waals surface area contributed by atoms with Crippen molar-refractivity contribution in [3.63, 3.8) is 0 Å². The lowest BCUT2D eigenvalue weighted by molar-refractivity contribution is -0.121. The molecule has 2 aromatic rings. The summed E-state index contributed by atoms with van der Waals surface area (Å²) in [6.07, 6.45) is 0.648. The molecule has 0 unspecified atom stereocenters. The Balaban J connectivity index is 1.62. The number of carbonyl (C=O) groups is 2. The highest BCUT2D eigenvalue weighted by molar-refractivity contribution is 6.42. The second kappa shape index (κ2) is 10.8. The van der Waals surface area contributed by atoms with E-state index in [0.717, 1.165) is 12.1 Å². The Morgan fingerprint density at radius 1 is 0.964 bits per heavy atom. The topological polar surface area (TPSA) is 67.4 Å². The molecule has 0 heterocycles. The monoisotopic (exact) mass is 430 g/mol. The lowest BCUT2D eigenvalue weighted by Gasteiger charge is -2.10. The highest BCUT2D eigenvalue weighted by atomic mass is 35.5. The minimum absolute atomic E-state index is 0.0347. The molecule has 0 bridgehead atoms. The van der Waals surface area contributed by atoms with Crippen LogP contribution in [0.4, 0.5) is 8.78 Å². The zero-order valence-electron chi connectivity index (χ0n) is 14.7. The number of hydrogen-bond acceptors (Lipinski definition) is 3. The van der Waals surface area contributed by atoms with Crippen LogP contribution in [0, 0.1) is 11.6 Å². The lowest BCUT2D eigenvalue weighted by atomic mass is 10.2. The predicted molar refractivity (Wildman–Crippen MR) is 103 cm³/mol. The molecule has 2 N–H and O–H groups in total. The maximum Gasteiger partial charge on any atom is 0.257 e. The van der Waals surface area contributed by atoms with Gasteiger partial charge in [0.15, 0.2) is 0 Å². The van der Waals surface area contributed by atoms with Gasteiger partial charge in [-0.05, 0) is 30.7 Å².